The maximum Gasteiger partial charge on any atom is 0.148 e. The van der Waals surface area contributed by atoms with Gasteiger partial charge in [-0.25, -0.2) is 0 Å². The van der Waals surface area contributed by atoms with Gasteiger partial charge >= 0.3 is 0 Å². The normalized spacial score (nSPS) is 13.2. The molecule has 0 aliphatic rings. The second-order valence-corrected chi connectivity index (χ2v) is 5.14. The summed E-state index contributed by atoms with van der Waals surface area (Å²) < 4.78 is 6.60. The Morgan fingerprint density at radius 2 is 2.19 bits per heavy atom. The molecule has 2 nitrogen and oxygen atoms in total. The number of benzene rings is 1. The topological polar surface area (TPSA) is 39.2 Å². The molecule has 2 N–H and O–H groups in total. The van der Waals surface area contributed by atoms with Crippen LogP contribution in [0.2, 0.25) is 5.02 Å². The van der Waals surface area contributed by atoms with Crippen molar-refractivity contribution in [3.8, 4) is 0 Å². The lowest BCUT2D eigenvalue weighted by molar-refractivity contribution is 0.474. The largest absolute Gasteiger partial charge is 0.458 e. The lowest BCUT2D eigenvalue weighted by Crippen LogP contribution is -2.08. The Bertz CT molecular complexity index is 509. The van der Waals surface area contributed by atoms with Crippen LogP contribution in [0.1, 0.15) is 31.6 Å². The number of hydrogen-bond acceptors (Lipinski definition) is 2. The van der Waals surface area contributed by atoms with Crippen LogP contribution >= 0.6 is 27.5 Å². The number of fused-ring (bicyclic) bond motifs is 1. The van der Waals surface area contributed by atoms with Gasteiger partial charge in [0.15, 0.2) is 0 Å². The van der Waals surface area contributed by atoms with Crippen molar-refractivity contribution >= 4 is 38.5 Å². The summed E-state index contributed by atoms with van der Waals surface area (Å²) in [4.78, 5) is 0. The van der Waals surface area contributed by atoms with Crippen LogP contribution in [0.4, 0.5) is 0 Å². The average molecular weight is 303 g/mol. The molecule has 0 saturated carbocycles. The lowest BCUT2D eigenvalue weighted by atomic mass is 10.1. The molecule has 1 atom stereocenters. The quantitative estimate of drug-likeness (QED) is 0.896. The Morgan fingerprint density at radius 3 is 2.88 bits per heavy atom. The molecule has 0 saturated heterocycles. The highest BCUT2D eigenvalue weighted by Crippen LogP contribution is 2.32. The fourth-order valence-electron chi connectivity index (χ4n) is 1.73. The minimum Gasteiger partial charge on any atom is -0.458 e. The SMILES string of the molecule is CCCC(N)c1cc2cc(Cl)cc(Br)c2o1. The third-order valence-electron chi connectivity index (χ3n) is 2.52. The maximum atomic E-state index is 6.02. The molecule has 4 heteroatoms. The second-order valence-electron chi connectivity index (χ2n) is 3.85. The van der Waals surface area contributed by atoms with Crippen LogP contribution in [0, 0.1) is 0 Å². The summed E-state index contributed by atoms with van der Waals surface area (Å²) in [6.07, 6.45) is 1.96. The van der Waals surface area contributed by atoms with Crippen molar-refractivity contribution in [2.45, 2.75) is 25.8 Å². The molecule has 0 bridgehead atoms. The summed E-state index contributed by atoms with van der Waals surface area (Å²) in [5.41, 5.74) is 6.83. The first kappa shape index (κ1) is 12.0. The van der Waals surface area contributed by atoms with E-state index in [9.17, 15) is 0 Å². The van der Waals surface area contributed by atoms with Crippen LogP contribution < -0.4 is 5.73 Å². The third kappa shape index (κ3) is 2.26. The Labute approximate surface area is 108 Å². The highest BCUT2D eigenvalue weighted by Gasteiger charge is 2.13. The molecule has 16 heavy (non-hydrogen) atoms. The van der Waals surface area contributed by atoms with E-state index in [0.717, 1.165) is 34.0 Å². The summed E-state index contributed by atoms with van der Waals surface area (Å²) in [5.74, 6) is 0.819. The zero-order valence-electron chi connectivity index (χ0n) is 8.97. The highest BCUT2D eigenvalue weighted by atomic mass is 79.9. The molecule has 0 fully saturated rings. The molecule has 1 heterocycles. The van der Waals surface area contributed by atoms with Crippen molar-refractivity contribution in [1.82, 2.24) is 0 Å². The first-order valence-corrected chi connectivity index (χ1v) is 6.43. The van der Waals surface area contributed by atoms with Gasteiger partial charge in [-0.1, -0.05) is 24.9 Å². The Morgan fingerprint density at radius 1 is 1.44 bits per heavy atom. The number of rotatable bonds is 3. The first-order chi connectivity index (χ1) is 7.61. The van der Waals surface area contributed by atoms with Gasteiger partial charge in [0.1, 0.15) is 11.3 Å². The lowest BCUT2D eigenvalue weighted by Gasteiger charge is -2.05. The van der Waals surface area contributed by atoms with Crippen molar-refractivity contribution in [3.05, 3.63) is 33.5 Å². The van der Waals surface area contributed by atoms with E-state index < -0.39 is 0 Å². The fraction of sp³-hybridized carbons (Fsp3) is 0.333. The Hall–Kier alpha value is -0.510. The van der Waals surface area contributed by atoms with Crippen LogP contribution in [0.25, 0.3) is 11.0 Å². The molecule has 2 rings (SSSR count). The molecule has 0 amide bonds. The zero-order chi connectivity index (χ0) is 11.7. The molecule has 1 aromatic heterocycles. The van der Waals surface area contributed by atoms with Crippen molar-refractivity contribution in [2.75, 3.05) is 0 Å². The van der Waals surface area contributed by atoms with E-state index in [-0.39, 0.29) is 6.04 Å². The van der Waals surface area contributed by atoms with Gasteiger partial charge in [-0.3, -0.25) is 0 Å². The number of furan rings is 1. The molecule has 2 aromatic rings. The van der Waals surface area contributed by atoms with E-state index >= 15 is 0 Å². The summed E-state index contributed by atoms with van der Waals surface area (Å²) >= 11 is 9.40. The van der Waals surface area contributed by atoms with Crippen LogP contribution in [0.5, 0.6) is 0 Å². The maximum absolute atomic E-state index is 6.02. The molecule has 86 valence electrons. The molecule has 1 unspecified atom stereocenters. The van der Waals surface area contributed by atoms with Gasteiger partial charge in [0.2, 0.25) is 0 Å². The van der Waals surface area contributed by atoms with Crippen molar-refractivity contribution < 1.29 is 4.42 Å². The van der Waals surface area contributed by atoms with Gasteiger partial charge in [-0.2, -0.15) is 0 Å². The predicted octanol–water partition coefficient (Wildman–Crippen LogP) is 4.65. The molecule has 0 aliphatic heterocycles. The van der Waals surface area contributed by atoms with Crippen LogP contribution in [0.3, 0.4) is 0 Å². The van der Waals surface area contributed by atoms with E-state index in [4.69, 9.17) is 21.8 Å². The van der Waals surface area contributed by atoms with Gasteiger partial charge in [0.25, 0.3) is 0 Å². The van der Waals surface area contributed by atoms with E-state index in [1.54, 1.807) is 0 Å². The smallest absolute Gasteiger partial charge is 0.148 e. The van der Waals surface area contributed by atoms with Crippen LogP contribution in [-0.2, 0) is 0 Å². The summed E-state index contributed by atoms with van der Waals surface area (Å²) in [7, 11) is 0. The third-order valence-corrected chi connectivity index (χ3v) is 3.33. The van der Waals surface area contributed by atoms with E-state index in [1.807, 2.05) is 18.2 Å². The molecular weight excluding hydrogens is 289 g/mol. The minimum atomic E-state index is -0.0388. The Kier molecular flexibility index (Phi) is 3.57. The van der Waals surface area contributed by atoms with Gasteiger partial charge < -0.3 is 10.2 Å². The average Bonchev–Trinajstić information content (AvgIpc) is 2.62. The summed E-state index contributed by atoms with van der Waals surface area (Å²) in [6.45, 7) is 2.11. The zero-order valence-corrected chi connectivity index (χ0v) is 11.3. The molecule has 0 spiro atoms. The number of hydrogen-bond donors (Lipinski definition) is 1. The number of nitrogens with two attached hydrogens (primary N) is 1. The molecule has 0 radical (unpaired) electrons. The second kappa shape index (κ2) is 4.78. The van der Waals surface area contributed by atoms with E-state index in [0.29, 0.717) is 5.02 Å². The summed E-state index contributed by atoms with van der Waals surface area (Å²) in [5, 5.41) is 1.68. The molecule has 0 aliphatic carbocycles. The highest BCUT2D eigenvalue weighted by molar-refractivity contribution is 9.10. The molecular formula is C12H13BrClNO. The number of halogens is 2. The predicted molar refractivity (Wildman–Crippen MR) is 70.8 cm³/mol. The van der Waals surface area contributed by atoms with Gasteiger partial charge in [-0.05, 0) is 40.5 Å². The molecule has 1 aromatic carbocycles. The minimum absolute atomic E-state index is 0.0388. The monoisotopic (exact) mass is 301 g/mol. The van der Waals surface area contributed by atoms with E-state index in [1.165, 1.54) is 0 Å². The van der Waals surface area contributed by atoms with E-state index in [2.05, 4.69) is 22.9 Å². The van der Waals surface area contributed by atoms with Gasteiger partial charge in [-0.15, -0.1) is 0 Å². The van der Waals surface area contributed by atoms with Crippen LogP contribution in [0.15, 0.2) is 27.1 Å². The van der Waals surface area contributed by atoms with Gasteiger partial charge in [0.05, 0.1) is 10.5 Å². The summed E-state index contributed by atoms with van der Waals surface area (Å²) in [6, 6.07) is 5.63. The van der Waals surface area contributed by atoms with Crippen molar-refractivity contribution in [2.24, 2.45) is 5.73 Å². The van der Waals surface area contributed by atoms with Crippen LogP contribution in [-0.4, -0.2) is 0 Å². The fourth-order valence-corrected chi connectivity index (χ4v) is 2.65. The van der Waals surface area contributed by atoms with Crippen molar-refractivity contribution in [1.29, 1.82) is 0 Å². The Balaban J connectivity index is 2.47. The van der Waals surface area contributed by atoms with Crippen molar-refractivity contribution in [3.63, 3.8) is 0 Å². The standard InChI is InChI=1S/C12H13BrClNO/c1-2-3-10(15)11-5-7-4-8(14)6-9(13)12(7)16-11/h4-6,10H,2-3,15H2,1H3. The van der Waals surface area contributed by atoms with Gasteiger partial charge in [0, 0.05) is 10.4 Å². The first-order valence-electron chi connectivity index (χ1n) is 5.26.